The number of nitrogens with one attached hydrogen (secondary N) is 2. The minimum atomic E-state index is -0.619. The van der Waals surface area contributed by atoms with Crippen LogP contribution in [0.4, 0.5) is 0 Å². The number of aromatic hydroxyl groups is 1. The van der Waals surface area contributed by atoms with Crippen molar-refractivity contribution in [3.63, 3.8) is 0 Å². The third kappa shape index (κ3) is 5.58. The molecule has 0 saturated carbocycles. The molecule has 2 amide bonds. The number of carbonyl (C=O) groups excluding carboxylic acids is 2. The lowest BCUT2D eigenvalue weighted by Gasteiger charge is -2.09. The molecule has 0 unspecified atom stereocenters. The van der Waals surface area contributed by atoms with Gasteiger partial charge in [0.2, 0.25) is 6.79 Å². The first kappa shape index (κ1) is 22.1. The molecule has 3 aromatic carbocycles. The summed E-state index contributed by atoms with van der Waals surface area (Å²) in [5.74, 6) is 0.189. The Morgan fingerprint density at radius 2 is 1.73 bits per heavy atom. The van der Waals surface area contributed by atoms with Crippen molar-refractivity contribution in [3.8, 4) is 17.2 Å². The molecule has 0 atom stereocenters. The molecule has 0 saturated heterocycles. The van der Waals surface area contributed by atoms with Gasteiger partial charge in [0.25, 0.3) is 11.8 Å². The molecule has 0 aliphatic carbocycles. The predicted octanol–water partition coefficient (Wildman–Crippen LogP) is 3.80. The zero-order valence-electron chi connectivity index (χ0n) is 17.1. The Morgan fingerprint density at radius 3 is 2.52 bits per heavy atom. The molecule has 166 valence electrons. The summed E-state index contributed by atoms with van der Waals surface area (Å²) in [4.78, 5) is 25.5. The number of nitrogens with zero attached hydrogens (tertiary/aromatic N) is 1. The number of ether oxygens (including phenoxy) is 2. The number of hydrogen-bond acceptors (Lipinski definition) is 6. The Hall–Kier alpha value is -4.11. The van der Waals surface area contributed by atoms with E-state index in [9.17, 15) is 14.7 Å². The van der Waals surface area contributed by atoms with Crippen LogP contribution in [0.1, 0.15) is 21.5 Å². The van der Waals surface area contributed by atoms with Gasteiger partial charge in [-0.25, -0.2) is 5.43 Å². The Labute approximate surface area is 197 Å². The fourth-order valence-corrected chi connectivity index (χ4v) is 3.34. The summed E-state index contributed by atoms with van der Waals surface area (Å²) in [6, 6.07) is 18.5. The van der Waals surface area contributed by atoms with Gasteiger partial charge in [-0.1, -0.05) is 24.3 Å². The van der Waals surface area contributed by atoms with Crippen LogP contribution in [-0.2, 0) is 4.79 Å². The molecule has 0 bridgehead atoms. The lowest BCUT2D eigenvalue weighted by Crippen LogP contribution is -2.32. The molecular weight excluding hydrogens is 490 g/mol. The number of hydrogen-bond donors (Lipinski definition) is 3. The van der Waals surface area contributed by atoms with E-state index >= 15 is 0 Å². The predicted molar refractivity (Wildman–Crippen MR) is 126 cm³/mol. The number of halogens is 1. The maximum Gasteiger partial charge on any atom is 0.287 e. The average Bonchev–Trinajstić information content (AvgIpc) is 3.29. The normalized spacial score (nSPS) is 12.6. The molecule has 3 aromatic rings. The van der Waals surface area contributed by atoms with Gasteiger partial charge in [-0.15, -0.1) is 0 Å². The van der Waals surface area contributed by atoms with Crippen LogP contribution in [0.25, 0.3) is 6.08 Å². The highest BCUT2D eigenvalue weighted by Gasteiger charge is 2.16. The first-order valence-corrected chi connectivity index (χ1v) is 10.6. The SMILES string of the molecule is O=C(NN=Cc1ccc(O)c(Br)c1)C(=Cc1ccc2c(c1)OCO2)NC(=O)c1ccccc1. The van der Waals surface area contributed by atoms with Crippen LogP contribution >= 0.6 is 15.9 Å². The minimum Gasteiger partial charge on any atom is -0.507 e. The highest BCUT2D eigenvalue weighted by Crippen LogP contribution is 2.33. The summed E-state index contributed by atoms with van der Waals surface area (Å²) < 4.78 is 11.2. The molecule has 3 N–H and O–H groups in total. The van der Waals surface area contributed by atoms with E-state index in [4.69, 9.17) is 9.47 Å². The van der Waals surface area contributed by atoms with Crippen LogP contribution in [-0.4, -0.2) is 29.9 Å². The first-order chi connectivity index (χ1) is 16.0. The molecule has 0 radical (unpaired) electrons. The third-order valence-corrected chi connectivity index (χ3v) is 5.22. The number of fused-ring (bicyclic) bond motifs is 1. The highest BCUT2D eigenvalue weighted by molar-refractivity contribution is 9.10. The number of phenols is 1. The van der Waals surface area contributed by atoms with E-state index < -0.39 is 11.8 Å². The molecular formula is C24H18BrN3O5. The molecule has 33 heavy (non-hydrogen) atoms. The number of rotatable bonds is 6. The fourth-order valence-electron chi connectivity index (χ4n) is 2.94. The lowest BCUT2D eigenvalue weighted by molar-refractivity contribution is -0.117. The van der Waals surface area contributed by atoms with E-state index in [0.717, 1.165) is 0 Å². The van der Waals surface area contributed by atoms with Gasteiger partial charge in [0.05, 0.1) is 10.7 Å². The quantitative estimate of drug-likeness (QED) is 0.267. The number of benzene rings is 3. The number of carbonyl (C=O) groups is 2. The van der Waals surface area contributed by atoms with Crippen molar-refractivity contribution in [2.75, 3.05) is 6.79 Å². The van der Waals surface area contributed by atoms with Gasteiger partial charge in [0, 0.05) is 5.56 Å². The van der Waals surface area contributed by atoms with Crippen LogP contribution in [0, 0.1) is 0 Å². The number of hydrazone groups is 1. The van der Waals surface area contributed by atoms with Crippen molar-refractivity contribution in [2.24, 2.45) is 5.10 Å². The van der Waals surface area contributed by atoms with Gasteiger partial charge >= 0.3 is 0 Å². The second-order valence-electron chi connectivity index (χ2n) is 6.90. The van der Waals surface area contributed by atoms with Crippen LogP contribution in [0.3, 0.4) is 0 Å². The smallest absolute Gasteiger partial charge is 0.287 e. The van der Waals surface area contributed by atoms with E-state index in [1.54, 1.807) is 60.7 Å². The second-order valence-corrected chi connectivity index (χ2v) is 7.76. The summed E-state index contributed by atoms with van der Waals surface area (Å²) >= 11 is 3.22. The summed E-state index contributed by atoms with van der Waals surface area (Å²) in [6.45, 7) is 0.128. The van der Waals surface area contributed by atoms with Crippen molar-refractivity contribution in [1.29, 1.82) is 0 Å². The van der Waals surface area contributed by atoms with Gasteiger partial charge in [-0.05, 0) is 75.6 Å². The van der Waals surface area contributed by atoms with Gasteiger partial charge in [-0.2, -0.15) is 5.10 Å². The maximum atomic E-state index is 12.8. The zero-order chi connectivity index (χ0) is 23.2. The fraction of sp³-hybridized carbons (Fsp3) is 0.0417. The topological polar surface area (TPSA) is 109 Å². The zero-order valence-corrected chi connectivity index (χ0v) is 18.7. The molecule has 0 fully saturated rings. The standard InChI is InChI=1S/C24H18BrN3O5/c25-18-10-16(6-8-20(18)29)13-26-28-24(31)19(27-23(30)17-4-2-1-3-5-17)11-15-7-9-21-22(12-15)33-14-32-21/h1-13,29H,14H2,(H,27,30)(H,28,31). The van der Waals surface area contributed by atoms with Crippen molar-refractivity contribution >= 4 is 40.0 Å². The molecule has 1 aliphatic rings. The van der Waals surface area contributed by atoms with Gasteiger partial charge in [0.1, 0.15) is 11.4 Å². The highest BCUT2D eigenvalue weighted by atomic mass is 79.9. The molecule has 0 aromatic heterocycles. The molecule has 1 aliphatic heterocycles. The number of amides is 2. The Kier molecular flexibility index (Phi) is 6.70. The second kappa shape index (κ2) is 10.0. The van der Waals surface area contributed by atoms with E-state index in [1.165, 1.54) is 18.4 Å². The van der Waals surface area contributed by atoms with Crippen LogP contribution in [0.5, 0.6) is 17.2 Å². The van der Waals surface area contributed by atoms with E-state index in [-0.39, 0.29) is 18.2 Å². The van der Waals surface area contributed by atoms with Crippen LogP contribution in [0.2, 0.25) is 0 Å². The van der Waals surface area contributed by atoms with Gasteiger partial charge in [-0.3, -0.25) is 9.59 Å². The molecule has 1 heterocycles. The first-order valence-electron chi connectivity index (χ1n) is 9.79. The summed E-state index contributed by atoms with van der Waals surface area (Å²) in [6.07, 6.45) is 2.93. The monoisotopic (exact) mass is 507 g/mol. The van der Waals surface area contributed by atoms with E-state index in [1.807, 2.05) is 0 Å². The van der Waals surface area contributed by atoms with Crippen LogP contribution in [0.15, 0.2) is 82.0 Å². The van der Waals surface area contributed by atoms with Crippen molar-refractivity contribution in [2.45, 2.75) is 0 Å². The van der Waals surface area contributed by atoms with Crippen LogP contribution < -0.4 is 20.2 Å². The van der Waals surface area contributed by atoms with Crippen molar-refractivity contribution < 1.29 is 24.2 Å². The Morgan fingerprint density at radius 1 is 0.970 bits per heavy atom. The van der Waals surface area contributed by atoms with Gasteiger partial charge < -0.3 is 19.9 Å². The molecule has 4 rings (SSSR count). The van der Waals surface area contributed by atoms with Crippen molar-refractivity contribution in [3.05, 3.63) is 93.6 Å². The van der Waals surface area contributed by atoms with Crippen molar-refractivity contribution in [1.82, 2.24) is 10.7 Å². The van der Waals surface area contributed by atoms with E-state index in [2.05, 4.69) is 31.8 Å². The van der Waals surface area contributed by atoms with Gasteiger partial charge in [0.15, 0.2) is 11.5 Å². The minimum absolute atomic E-state index is 0.00763. The summed E-state index contributed by atoms with van der Waals surface area (Å²) in [5.41, 5.74) is 4.08. The third-order valence-electron chi connectivity index (χ3n) is 4.59. The molecule has 9 heteroatoms. The Bertz CT molecular complexity index is 1260. The molecule has 8 nitrogen and oxygen atoms in total. The molecule has 0 spiro atoms. The lowest BCUT2D eigenvalue weighted by atomic mass is 10.1. The largest absolute Gasteiger partial charge is 0.507 e. The summed E-state index contributed by atoms with van der Waals surface area (Å²) in [5, 5.41) is 16.2. The summed E-state index contributed by atoms with van der Waals surface area (Å²) in [7, 11) is 0. The average molecular weight is 508 g/mol. The van der Waals surface area contributed by atoms with E-state index in [0.29, 0.717) is 32.7 Å². The maximum absolute atomic E-state index is 12.8. The number of phenolic OH excluding ortho intramolecular Hbond substituents is 1. The Balaban J connectivity index is 1.55.